The molecule has 0 N–H and O–H groups in total. The highest BCUT2D eigenvalue weighted by Gasteiger charge is 2.27. The molecule has 0 aliphatic heterocycles. The maximum absolute atomic E-state index is 14.0. The molecule has 0 aromatic heterocycles. The maximum atomic E-state index is 14.0. The van der Waals surface area contributed by atoms with E-state index in [0.717, 1.165) is 6.07 Å². The summed E-state index contributed by atoms with van der Waals surface area (Å²) < 4.78 is 57.5. The van der Waals surface area contributed by atoms with Crippen LogP contribution in [0.5, 0.6) is 5.75 Å². The lowest BCUT2D eigenvalue weighted by Gasteiger charge is -2.19. The second-order valence-electron chi connectivity index (χ2n) is 5.03. The molecule has 0 saturated carbocycles. The molecule has 1 aromatic carbocycles. The molecule has 20 heavy (non-hydrogen) atoms. The minimum atomic E-state index is -3.11. The van der Waals surface area contributed by atoms with Gasteiger partial charge in [-0.25, -0.2) is 4.39 Å². The molecular weight excluding hydrogens is 291 g/mol. The fourth-order valence-corrected chi connectivity index (χ4v) is 1.91. The zero-order valence-corrected chi connectivity index (χ0v) is 12.4. The topological polar surface area (TPSA) is 44.7 Å². The quantitative estimate of drug-likeness (QED) is 0.629. The van der Waals surface area contributed by atoms with Crippen molar-refractivity contribution in [2.45, 2.75) is 39.1 Å². The van der Waals surface area contributed by atoms with Crippen molar-refractivity contribution in [2.24, 2.45) is 4.40 Å². The van der Waals surface area contributed by atoms with Crippen molar-refractivity contribution in [3.05, 3.63) is 29.6 Å². The van der Waals surface area contributed by atoms with Crippen LogP contribution in [0.15, 0.2) is 22.6 Å². The molecule has 0 fully saturated rings. The van der Waals surface area contributed by atoms with E-state index in [0.29, 0.717) is 0 Å². The largest absolute Gasteiger partial charge is 0.591 e. The van der Waals surface area contributed by atoms with Crippen LogP contribution in [0.2, 0.25) is 0 Å². The van der Waals surface area contributed by atoms with E-state index in [2.05, 4.69) is 9.13 Å². The minimum absolute atomic E-state index is 0.0132. The Morgan fingerprint density at radius 3 is 2.45 bits per heavy atom. The lowest BCUT2D eigenvalue weighted by molar-refractivity contribution is -0.0522. The van der Waals surface area contributed by atoms with Crippen molar-refractivity contribution < 1.29 is 22.5 Å². The summed E-state index contributed by atoms with van der Waals surface area (Å²) in [5.74, 6) is -1.51. The second-order valence-corrected chi connectivity index (χ2v) is 6.94. The molecule has 1 atom stereocenters. The standard InChI is InChI=1S/C13H16F3NO2S/c1-8(17-20(18)13(2,3)4)9-6-5-7-10(11(9)14)19-12(15)16/h5-7,12H,1-4H3/b17-8+/t20-/m0/s1. The van der Waals surface area contributed by atoms with Crippen molar-refractivity contribution in [3.8, 4) is 5.75 Å². The van der Waals surface area contributed by atoms with E-state index in [1.807, 2.05) is 0 Å². The average Bonchev–Trinajstić information content (AvgIpc) is 2.29. The first kappa shape index (κ1) is 16.8. The molecule has 0 amide bonds. The normalized spacial score (nSPS) is 14.6. The lowest BCUT2D eigenvalue weighted by Crippen LogP contribution is -2.26. The molecule has 0 radical (unpaired) electrons. The van der Waals surface area contributed by atoms with Gasteiger partial charge >= 0.3 is 6.61 Å². The van der Waals surface area contributed by atoms with Crippen molar-refractivity contribution in [3.63, 3.8) is 0 Å². The minimum Gasteiger partial charge on any atom is -0.591 e. The van der Waals surface area contributed by atoms with Crippen LogP contribution in [0.3, 0.4) is 0 Å². The number of rotatable bonds is 4. The van der Waals surface area contributed by atoms with Gasteiger partial charge < -0.3 is 9.29 Å². The predicted octanol–water partition coefficient (Wildman–Crippen LogP) is 3.70. The van der Waals surface area contributed by atoms with E-state index in [9.17, 15) is 17.7 Å². The Labute approximate surface area is 119 Å². The zero-order valence-electron chi connectivity index (χ0n) is 11.6. The van der Waals surface area contributed by atoms with Crippen LogP contribution in [0, 0.1) is 5.82 Å². The second kappa shape index (κ2) is 6.49. The van der Waals surface area contributed by atoms with Crippen LogP contribution < -0.4 is 4.74 Å². The van der Waals surface area contributed by atoms with Crippen molar-refractivity contribution in [1.82, 2.24) is 0 Å². The van der Waals surface area contributed by atoms with Gasteiger partial charge in [0.1, 0.15) is 16.1 Å². The number of halogens is 3. The Morgan fingerprint density at radius 1 is 1.35 bits per heavy atom. The van der Waals surface area contributed by atoms with Crippen LogP contribution in [0.25, 0.3) is 0 Å². The summed E-state index contributed by atoms with van der Waals surface area (Å²) in [5.41, 5.74) is 0.149. The monoisotopic (exact) mass is 307 g/mol. The molecule has 0 aliphatic rings. The average molecular weight is 307 g/mol. The molecule has 7 heteroatoms. The molecule has 0 spiro atoms. The molecule has 0 aliphatic carbocycles. The SMILES string of the molecule is C/C(=N\[S@@+]([O-])C(C)(C)C)c1cccc(OC(F)F)c1F. The summed E-state index contributed by atoms with van der Waals surface area (Å²) >= 11 is -1.56. The van der Waals surface area contributed by atoms with Crippen LogP contribution >= 0.6 is 0 Å². The first-order chi connectivity index (χ1) is 9.12. The van der Waals surface area contributed by atoms with Crippen LogP contribution in [-0.2, 0) is 11.4 Å². The van der Waals surface area contributed by atoms with Gasteiger partial charge in [-0.05, 0) is 39.8 Å². The van der Waals surface area contributed by atoms with Gasteiger partial charge in [0.25, 0.3) is 0 Å². The van der Waals surface area contributed by atoms with Gasteiger partial charge in [-0.2, -0.15) is 8.78 Å². The first-order valence-corrected chi connectivity index (χ1v) is 6.94. The summed E-state index contributed by atoms with van der Waals surface area (Å²) in [6.45, 7) is 3.54. The molecule has 3 nitrogen and oxygen atoms in total. The third kappa shape index (κ3) is 4.42. The van der Waals surface area contributed by atoms with Crippen LogP contribution in [0.1, 0.15) is 33.3 Å². The summed E-state index contributed by atoms with van der Waals surface area (Å²) in [7, 11) is 0. The Hall–Kier alpha value is -1.21. The number of hydrogen-bond donors (Lipinski definition) is 0. The van der Waals surface area contributed by atoms with Crippen molar-refractivity contribution >= 4 is 17.1 Å². The highest BCUT2D eigenvalue weighted by atomic mass is 32.2. The van der Waals surface area contributed by atoms with Gasteiger partial charge in [-0.3, -0.25) is 0 Å². The van der Waals surface area contributed by atoms with Crippen LogP contribution in [0.4, 0.5) is 13.2 Å². The van der Waals surface area contributed by atoms with Gasteiger partial charge in [0.2, 0.25) is 0 Å². The van der Waals surface area contributed by atoms with Gasteiger partial charge in [-0.15, -0.1) is 0 Å². The summed E-state index contributed by atoms with van der Waals surface area (Å²) in [5, 5.41) is 0. The Kier molecular flexibility index (Phi) is 5.47. The third-order valence-electron chi connectivity index (χ3n) is 2.31. The summed E-state index contributed by atoms with van der Waals surface area (Å²) in [6.07, 6.45) is 0. The molecule has 0 heterocycles. The fraction of sp³-hybridized carbons (Fsp3) is 0.462. The van der Waals surface area contributed by atoms with E-state index in [1.165, 1.54) is 19.1 Å². The molecule has 0 bridgehead atoms. The molecule has 112 valence electrons. The summed E-state index contributed by atoms with van der Waals surface area (Å²) in [6, 6.07) is 3.83. The van der Waals surface area contributed by atoms with E-state index >= 15 is 0 Å². The van der Waals surface area contributed by atoms with E-state index < -0.39 is 34.3 Å². The highest BCUT2D eigenvalue weighted by molar-refractivity contribution is 7.91. The third-order valence-corrected chi connectivity index (χ3v) is 3.80. The Balaban J connectivity index is 3.11. The number of nitrogens with zero attached hydrogens (tertiary/aromatic N) is 1. The Bertz CT molecular complexity index is 501. The van der Waals surface area contributed by atoms with Gasteiger partial charge in [0.05, 0.1) is 5.71 Å². The molecule has 1 aromatic rings. The summed E-state index contributed by atoms with van der Waals surface area (Å²) in [4.78, 5) is 0. The van der Waals surface area contributed by atoms with Gasteiger partial charge in [-0.1, -0.05) is 10.5 Å². The van der Waals surface area contributed by atoms with Gasteiger partial charge in [0.15, 0.2) is 11.6 Å². The van der Waals surface area contributed by atoms with E-state index in [-0.39, 0.29) is 11.3 Å². The number of alkyl halides is 2. The molecule has 0 saturated heterocycles. The smallest absolute Gasteiger partial charge is 0.387 e. The zero-order chi connectivity index (χ0) is 15.5. The number of benzene rings is 1. The van der Waals surface area contributed by atoms with E-state index in [1.54, 1.807) is 20.8 Å². The number of hydrogen-bond acceptors (Lipinski definition) is 3. The fourth-order valence-electron chi connectivity index (χ4n) is 1.29. The molecular formula is C13H16F3NO2S. The van der Waals surface area contributed by atoms with Crippen molar-refractivity contribution in [2.75, 3.05) is 0 Å². The number of ether oxygens (including phenoxy) is 1. The predicted molar refractivity (Wildman–Crippen MR) is 73.1 cm³/mol. The van der Waals surface area contributed by atoms with E-state index in [4.69, 9.17) is 0 Å². The molecule has 1 rings (SSSR count). The first-order valence-electron chi connectivity index (χ1n) is 5.84. The lowest BCUT2D eigenvalue weighted by atomic mass is 10.1. The Morgan fingerprint density at radius 2 is 1.95 bits per heavy atom. The maximum Gasteiger partial charge on any atom is 0.387 e. The van der Waals surface area contributed by atoms with Gasteiger partial charge in [0, 0.05) is 5.56 Å². The highest BCUT2D eigenvalue weighted by Crippen LogP contribution is 2.24. The molecule has 0 unspecified atom stereocenters. The van der Waals surface area contributed by atoms with Crippen LogP contribution in [-0.4, -0.2) is 21.6 Å². The van der Waals surface area contributed by atoms with Crippen molar-refractivity contribution in [1.29, 1.82) is 0 Å².